The van der Waals surface area contributed by atoms with Crippen molar-refractivity contribution >= 4 is 17.0 Å². The molecule has 0 amide bonds. The average Bonchev–Trinajstić information content (AvgIpc) is 3.10. The Kier molecular flexibility index (Phi) is 3.52. The van der Waals surface area contributed by atoms with Gasteiger partial charge in [0, 0.05) is 16.6 Å². The summed E-state index contributed by atoms with van der Waals surface area (Å²) >= 11 is 1.67. The van der Waals surface area contributed by atoms with Crippen LogP contribution in [0.2, 0.25) is 0 Å². The summed E-state index contributed by atoms with van der Waals surface area (Å²) in [6.07, 6.45) is 3.15. The summed E-state index contributed by atoms with van der Waals surface area (Å²) in [5, 5.41) is 6.63. The van der Waals surface area contributed by atoms with Crippen LogP contribution in [0.25, 0.3) is 11.3 Å². The molecule has 0 saturated carbocycles. The molecule has 1 atom stereocenters. The van der Waals surface area contributed by atoms with Gasteiger partial charge in [0.25, 0.3) is 0 Å². The summed E-state index contributed by atoms with van der Waals surface area (Å²) in [5.41, 5.74) is 3.16. The largest absolute Gasteiger partial charge is 0.444 e. The molecule has 3 aromatic rings. The predicted molar refractivity (Wildman–Crippen MR) is 80.8 cm³/mol. The number of nitrogens with one attached hydrogen (secondary N) is 1. The summed E-state index contributed by atoms with van der Waals surface area (Å²) in [7, 11) is 0. The Morgan fingerprint density at radius 2 is 2.05 bits per heavy atom. The maximum absolute atomic E-state index is 5.27. The Balaban J connectivity index is 1.72. The van der Waals surface area contributed by atoms with Crippen molar-refractivity contribution < 1.29 is 4.42 Å². The zero-order valence-electron chi connectivity index (χ0n) is 11.3. The van der Waals surface area contributed by atoms with Gasteiger partial charge in [0.05, 0.1) is 22.9 Å². The minimum Gasteiger partial charge on any atom is -0.444 e. The van der Waals surface area contributed by atoms with Crippen LogP contribution in [0.4, 0.5) is 5.69 Å². The highest BCUT2D eigenvalue weighted by Crippen LogP contribution is 2.24. The molecule has 4 nitrogen and oxygen atoms in total. The maximum Gasteiger partial charge on any atom is 0.181 e. The molecule has 0 spiro atoms. The lowest BCUT2D eigenvalue weighted by Crippen LogP contribution is -2.06. The quantitative estimate of drug-likeness (QED) is 0.777. The van der Waals surface area contributed by atoms with Gasteiger partial charge >= 0.3 is 0 Å². The van der Waals surface area contributed by atoms with E-state index in [1.54, 1.807) is 17.5 Å². The minimum atomic E-state index is 0.191. The van der Waals surface area contributed by atoms with Crippen molar-refractivity contribution in [2.24, 2.45) is 0 Å². The lowest BCUT2D eigenvalue weighted by molar-refractivity contribution is 0.572. The van der Waals surface area contributed by atoms with E-state index in [1.807, 2.05) is 31.2 Å². The van der Waals surface area contributed by atoms with Gasteiger partial charge in [-0.25, -0.2) is 9.97 Å². The number of hydrogen-bond acceptors (Lipinski definition) is 5. The smallest absolute Gasteiger partial charge is 0.181 e. The number of benzene rings is 1. The van der Waals surface area contributed by atoms with Crippen LogP contribution in [0.3, 0.4) is 0 Å². The Hall–Kier alpha value is -2.14. The normalized spacial score (nSPS) is 12.3. The lowest BCUT2D eigenvalue weighted by atomic mass is 10.1. The highest BCUT2D eigenvalue weighted by atomic mass is 32.1. The van der Waals surface area contributed by atoms with Gasteiger partial charge < -0.3 is 9.73 Å². The molecule has 1 aromatic carbocycles. The molecular formula is C15H15N3OS. The van der Waals surface area contributed by atoms with Gasteiger partial charge in [-0.05, 0) is 38.1 Å². The second-order valence-electron chi connectivity index (χ2n) is 4.60. The fraction of sp³-hybridized carbons (Fsp3) is 0.200. The number of hydrogen-bond donors (Lipinski definition) is 1. The van der Waals surface area contributed by atoms with Crippen molar-refractivity contribution in [1.29, 1.82) is 0 Å². The Labute approximate surface area is 121 Å². The van der Waals surface area contributed by atoms with Gasteiger partial charge in [-0.1, -0.05) is 0 Å². The second kappa shape index (κ2) is 5.46. The number of anilines is 1. The molecule has 1 N–H and O–H groups in total. The van der Waals surface area contributed by atoms with E-state index < -0.39 is 0 Å². The van der Waals surface area contributed by atoms with Crippen LogP contribution in [-0.4, -0.2) is 9.97 Å². The number of oxazole rings is 1. The summed E-state index contributed by atoms with van der Waals surface area (Å²) in [6, 6.07) is 8.29. The van der Waals surface area contributed by atoms with Crippen LogP contribution in [-0.2, 0) is 0 Å². The molecule has 0 saturated heterocycles. The van der Waals surface area contributed by atoms with Crippen LogP contribution in [0.1, 0.15) is 23.7 Å². The molecule has 1 unspecified atom stereocenters. The summed E-state index contributed by atoms with van der Waals surface area (Å²) in [5.74, 6) is 0.778. The molecule has 2 heterocycles. The fourth-order valence-electron chi connectivity index (χ4n) is 1.99. The van der Waals surface area contributed by atoms with Gasteiger partial charge in [0.2, 0.25) is 0 Å². The molecular weight excluding hydrogens is 270 g/mol. The molecule has 20 heavy (non-hydrogen) atoms. The molecule has 0 aliphatic carbocycles. The second-order valence-corrected chi connectivity index (χ2v) is 5.66. The molecule has 0 fully saturated rings. The first kappa shape index (κ1) is 12.9. The number of aryl methyl sites for hydroxylation is 1. The summed E-state index contributed by atoms with van der Waals surface area (Å²) in [6.45, 7) is 4.13. The number of rotatable bonds is 4. The molecule has 5 heteroatoms. The van der Waals surface area contributed by atoms with Gasteiger partial charge in [-0.15, -0.1) is 11.3 Å². The maximum atomic E-state index is 5.27. The molecule has 3 rings (SSSR count). The molecule has 0 radical (unpaired) electrons. The Morgan fingerprint density at radius 3 is 2.65 bits per heavy atom. The standard InChI is InChI=1S/C15H15N3OS/c1-10(14-8-20-11(2)18-14)17-13-5-3-12(4-6-13)15-7-16-9-19-15/h3-10,17H,1-2H3. The molecule has 0 aliphatic rings. The number of thiazole rings is 1. The van der Waals surface area contributed by atoms with Gasteiger partial charge in [0.1, 0.15) is 0 Å². The summed E-state index contributed by atoms with van der Waals surface area (Å²) < 4.78 is 5.27. The summed E-state index contributed by atoms with van der Waals surface area (Å²) in [4.78, 5) is 8.42. The SMILES string of the molecule is Cc1nc(C(C)Nc2ccc(-c3cnco3)cc2)cs1. The van der Waals surface area contributed by atoms with Crippen LogP contribution in [0.15, 0.2) is 46.7 Å². The average molecular weight is 285 g/mol. The van der Waals surface area contributed by atoms with Crippen molar-refractivity contribution in [3.8, 4) is 11.3 Å². The van der Waals surface area contributed by atoms with E-state index in [2.05, 4.69) is 27.6 Å². The number of nitrogens with zero attached hydrogens (tertiary/aromatic N) is 2. The van der Waals surface area contributed by atoms with Crippen molar-refractivity contribution in [3.05, 3.63) is 52.9 Å². The third-order valence-electron chi connectivity index (χ3n) is 3.07. The predicted octanol–water partition coefficient (Wildman–Crippen LogP) is 4.28. The molecule has 102 valence electrons. The van der Waals surface area contributed by atoms with Crippen LogP contribution in [0.5, 0.6) is 0 Å². The van der Waals surface area contributed by atoms with Gasteiger partial charge in [0.15, 0.2) is 12.2 Å². The van der Waals surface area contributed by atoms with E-state index in [-0.39, 0.29) is 6.04 Å². The van der Waals surface area contributed by atoms with Crippen molar-refractivity contribution in [1.82, 2.24) is 9.97 Å². The first-order valence-electron chi connectivity index (χ1n) is 6.40. The molecule has 0 aliphatic heterocycles. The monoisotopic (exact) mass is 285 g/mol. The van der Waals surface area contributed by atoms with Gasteiger partial charge in [-0.2, -0.15) is 0 Å². The van der Waals surface area contributed by atoms with E-state index in [4.69, 9.17) is 4.42 Å². The molecule has 2 aromatic heterocycles. The van der Waals surface area contributed by atoms with Crippen LogP contribution >= 0.6 is 11.3 Å². The topological polar surface area (TPSA) is 51.0 Å². The molecule has 0 bridgehead atoms. The van der Waals surface area contributed by atoms with Crippen molar-refractivity contribution in [2.45, 2.75) is 19.9 Å². The highest BCUT2D eigenvalue weighted by molar-refractivity contribution is 7.09. The Morgan fingerprint density at radius 1 is 1.25 bits per heavy atom. The Bertz CT molecular complexity index is 673. The third-order valence-corrected chi connectivity index (χ3v) is 3.86. The zero-order valence-corrected chi connectivity index (χ0v) is 12.1. The minimum absolute atomic E-state index is 0.191. The van der Waals surface area contributed by atoms with Gasteiger partial charge in [-0.3, -0.25) is 0 Å². The van der Waals surface area contributed by atoms with Crippen molar-refractivity contribution in [3.63, 3.8) is 0 Å². The lowest BCUT2D eigenvalue weighted by Gasteiger charge is -2.13. The van der Waals surface area contributed by atoms with Crippen LogP contribution in [0, 0.1) is 6.92 Å². The number of aromatic nitrogens is 2. The van der Waals surface area contributed by atoms with E-state index in [9.17, 15) is 0 Å². The van der Waals surface area contributed by atoms with Crippen LogP contribution < -0.4 is 5.32 Å². The highest BCUT2D eigenvalue weighted by Gasteiger charge is 2.09. The van der Waals surface area contributed by atoms with E-state index >= 15 is 0 Å². The zero-order chi connectivity index (χ0) is 13.9. The first-order chi connectivity index (χ1) is 9.72. The van der Waals surface area contributed by atoms with E-state index in [1.165, 1.54) is 6.39 Å². The first-order valence-corrected chi connectivity index (χ1v) is 7.28. The van der Waals surface area contributed by atoms with E-state index in [0.717, 1.165) is 27.7 Å². The third kappa shape index (κ3) is 2.72. The fourth-order valence-corrected chi connectivity index (χ4v) is 2.70. The van der Waals surface area contributed by atoms with Crippen molar-refractivity contribution in [2.75, 3.05) is 5.32 Å². The van der Waals surface area contributed by atoms with E-state index in [0.29, 0.717) is 0 Å².